The third-order valence-corrected chi connectivity index (χ3v) is 5.19. The van der Waals surface area contributed by atoms with E-state index in [1.807, 2.05) is 0 Å². The lowest BCUT2D eigenvalue weighted by atomic mass is 9.26. The Kier molecular flexibility index (Phi) is 2.90. The highest BCUT2D eigenvalue weighted by molar-refractivity contribution is 6.63. The Balaban J connectivity index is 1.62. The maximum absolute atomic E-state index is 2.62. The molecule has 0 atom stereocenters. The molecule has 0 N–H and O–H groups in total. The third kappa shape index (κ3) is 2.03. The van der Waals surface area contributed by atoms with E-state index in [1.165, 1.54) is 38.4 Å². The number of allylic oxidation sites excluding steroid dienone is 2. The van der Waals surface area contributed by atoms with Crippen LogP contribution in [0.4, 0.5) is 0 Å². The number of fused-ring (bicyclic) bond motifs is 2. The van der Waals surface area contributed by atoms with Gasteiger partial charge < -0.3 is 0 Å². The van der Waals surface area contributed by atoms with Gasteiger partial charge in [-0.3, -0.25) is 0 Å². The largest absolute Gasteiger partial charge is 0.150 e. The predicted molar refractivity (Wildman–Crippen MR) is 67.7 cm³/mol. The maximum Gasteiger partial charge on any atom is 0.150 e. The van der Waals surface area contributed by atoms with Gasteiger partial charge in [-0.2, -0.15) is 0 Å². The quantitative estimate of drug-likeness (QED) is 0.449. The zero-order valence-electron chi connectivity index (χ0n) is 9.88. The van der Waals surface area contributed by atoms with Gasteiger partial charge in [-0.05, 0) is 19.3 Å². The van der Waals surface area contributed by atoms with Crippen LogP contribution in [0.2, 0.25) is 18.0 Å². The van der Waals surface area contributed by atoms with Crippen molar-refractivity contribution in [3.05, 3.63) is 11.6 Å². The Labute approximate surface area is 94.6 Å². The second-order valence-electron chi connectivity index (χ2n) is 6.00. The summed E-state index contributed by atoms with van der Waals surface area (Å²) < 4.78 is 0. The van der Waals surface area contributed by atoms with Gasteiger partial charge in [0.2, 0.25) is 0 Å². The molecule has 1 saturated carbocycles. The summed E-state index contributed by atoms with van der Waals surface area (Å²) in [6.07, 6.45) is 17.6. The fourth-order valence-electron chi connectivity index (χ4n) is 4.09. The summed E-state index contributed by atoms with van der Waals surface area (Å²) >= 11 is 0. The van der Waals surface area contributed by atoms with Crippen LogP contribution < -0.4 is 0 Å². The SMILES string of the molecule is C(CB1C2CCCC1CCC2)=C1CCC1. The van der Waals surface area contributed by atoms with E-state index in [4.69, 9.17) is 0 Å². The maximum atomic E-state index is 2.62. The summed E-state index contributed by atoms with van der Waals surface area (Å²) in [6, 6.07) is 0. The molecule has 3 fully saturated rings. The fourth-order valence-corrected chi connectivity index (χ4v) is 4.09. The monoisotopic (exact) mass is 202 g/mol. The molecule has 0 spiro atoms. The fraction of sp³-hybridized carbons (Fsp3) is 0.857. The summed E-state index contributed by atoms with van der Waals surface area (Å²) in [7, 11) is 0. The minimum Gasteiger partial charge on any atom is -0.0925 e. The first-order chi connectivity index (χ1) is 7.43. The lowest BCUT2D eigenvalue weighted by Gasteiger charge is -2.40. The van der Waals surface area contributed by atoms with Crippen LogP contribution in [0, 0.1) is 0 Å². The van der Waals surface area contributed by atoms with Crippen LogP contribution in [0.1, 0.15) is 57.8 Å². The molecule has 2 heterocycles. The summed E-state index contributed by atoms with van der Waals surface area (Å²) in [5.41, 5.74) is 1.78. The molecule has 0 aromatic heterocycles. The molecular weight excluding hydrogens is 179 g/mol. The highest BCUT2D eigenvalue weighted by Gasteiger charge is 2.37. The molecule has 0 aromatic carbocycles. The highest BCUT2D eigenvalue weighted by Crippen LogP contribution is 2.48. The molecule has 0 amide bonds. The zero-order valence-corrected chi connectivity index (χ0v) is 9.88. The summed E-state index contributed by atoms with van der Waals surface area (Å²) in [4.78, 5) is 0. The van der Waals surface area contributed by atoms with Crippen LogP contribution in [0.15, 0.2) is 11.6 Å². The second-order valence-corrected chi connectivity index (χ2v) is 6.00. The van der Waals surface area contributed by atoms with Crippen molar-refractivity contribution < 1.29 is 0 Å². The molecule has 3 aliphatic rings. The van der Waals surface area contributed by atoms with Crippen molar-refractivity contribution in [3.8, 4) is 0 Å². The van der Waals surface area contributed by atoms with E-state index in [2.05, 4.69) is 6.08 Å². The van der Waals surface area contributed by atoms with E-state index in [0.717, 1.165) is 18.3 Å². The Morgan fingerprint density at radius 2 is 1.53 bits per heavy atom. The minimum atomic E-state index is 1.08. The standard InChI is InChI=1S/C14H23B/c1-4-12(5-1)10-11-15-13-6-2-7-14(15)9-3-8-13/h10,13-14H,1-9,11H2. The zero-order chi connectivity index (χ0) is 10.1. The Morgan fingerprint density at radius 1 is 0.933 bits per heavy atom. The van der Waals surface area contributed by atoms with Gasteiger partial charge in [0.05, 0.1) is 0 Å². The molecule has 0 unspecified atom stereocenters. The first kappa shape index (κ1) is 9.99. The van der Waals surface area contributed by atoms with Gasteiger partial charge in [0, 0.05) is 0 Å². The van der Waals surface area contributed by atoms with Crippen LogP contribution in [0.3, 0.4) is 0 Å². The van der Waals surface area contributed by atoms with E-state index in [1.54, 1.807) is 31.3 Å². The third-order valence-electron chi connectivity index (χ3n) is 5.19. The smallest absolute Gasteiger partial charge is 0.0925 e. The Hall–Kier alpha value is -0.195. The van der Waals surface area contributed by atoms with E-state index >= 15 is 0 Å². The second kappa shape index (κ2) is 4.35. The van der Waals surface area contributed by atoms with Crippen molar-refractivity contribution in [2.75, 3.05) is 0 Å². The average Bonchev–Trinajstić information content (AvgIpc) is 2.14. The van der Waals surface area contributed by atoms with E-state index in [-0.39, 0.29) is 0 Å². The van der Waals surface area contributed by atoms with Crippen molar-refractivity contribution in [2.45, 2.75) is 75.7 Å². The molecule has 0 nitrogen and oxygen atoms in total. The van der Waals surface area contributed by atoms with Crippen LogP contribution in [0.25, 0.3) is 0 Å². The molecule has 3 rings (SSSR count). The van der Waals surface area contributed by atoms with E-state index < -0.39 is 0 Å². The average molecular weight is 202 g/mol. The normalized spacial score (nSPS) is 34.9. The van der Waals surface area contributed by atoms with Gasteiger partial charge in [0.25, 0.3) is 0 Å². The Bertz CT molecular complexity index is 228. The highest BCUT2D eigenvalue weighted by atomic mass is 14.2. The van der Waals surface area contributed by atoms with Crippen molar-refractivity contribution >= 4 is 6.71 Å². The van der Waals surface area contributed by atoms with Crippen LogP contribution in [-0.2, 0) is 0 Å². The topological polar surface area (TPSA) is 0 Å². The molecule has 0 radical (unpaired) electrons. The summed E-state index contributed by atoms with van der Waals surface area (Å²) in [6.45, 7) is 1.08. The summed E-state index contributed by atoms with van der Waals surface area (Å²) in [5, 5.41) is 0. The van der Waals surface area contributed by atoms with Crippen molar-refractivity contribution in [1.82, 2.24) is 0 Å². The van der Waals surface area contributed by atoms with Gasteiger partial charge in [-0.1, -0.05) is 68.1 Å². The molecule has 1 aliphatic carbocycles. The Morgan fingerprint density at radius 3 is 2.00 bits per heavy atom. The van der Waals surface area contributed by atoms with Gasteiger partial charge in [0.15, 0.2) is 0 Å². The molecule has 0 aromatic rings. The van der Waals surface area contributed by atoms with Gasteiger partial charge in [-0.25, -0.2) is 0 Å². The molecule has 2 saturated heterocycles. The van der Waals surface area contributed by atoms with Gasteiger partial charge >= 0.3 is 0 Å². The molecule has 2 aliphatic heterocycles. The molecule has 15 heavy (non-hydrogen) atoms. The van der Waals surface area contributed by atoms with Crippen molar-refractivity contribution in [3.63, 3.8) is 0 Å². The van der Waals surface area contributed by atoms with Crippen molar-refractivity contribution in [1.29, 1.82) is 0 Å². The summed E-state index contributed by atoms with van der Waals surface area (Å²) in [5.74, 6) is 2.21. The first-order valence-electron chi connectivity index (χ1n) is 7.11. The van der Waals surface area contributed by atoms with Crippen LogP contribution in [-0.4, -0.2) is 6.71 Å². The molecule has 82 valence electrons. The number of hydrogen-bond acceptors (Lipinski definition) is 0. The molecule has 1 heteroatoms. The van der Waals surface area contributed by atoms with E-state index in [0.29, 0.717) is 0 Å². The van der Waals surface area contributed by atoms with Crippen LogP contribution in [0.5, 0.6) is 0 Å². The number of hydrogen-bond donors (Lipinski definition) is 0. The lowest BCUT2D eigenvalue weighted by molar-refractivity contribution is 0.443. The van der Waals surface area contributed by atoms with Gasteiger partial charge in [0.1, 0.15) is 6.71 Å². The molecule has 2 bridgehead atoms. The van der Waals surface area contributed by atoms with E-state index in [9.17, 15) is 0 Å². The predicted octanol–water partition coefficient (Wildman–Crippen LogP) is 4.70. The van der Waals surface area contributed by atoms with Crippen molar-refractivity contribution in [2.24, 2.45) is 0 Å². The minimum absolute atomic E-state index is 1.08. The lowest BCUT2D eigenvalue weighted by Crippen LogP contribution is -2.34. The first-order valence-corrected chi connectivity index (χ1v) is 7.11. The number of rotatable bonds is 2. The van der Waals surface area contributed by atoms with Crippen LogP contribution >= 0.6 is 0 Å². The molecular formula is C14H23B. The van der Waals surface area contributed by atoms with Gasteiger partial charge in [-0.15, -0.1) is 0 Å².